The normalized spacial score (nSPS) is 10.0. The summed E-state index contributed by atoms with van der Waals surface area (Å²) >= 11 is 7.42. The van der Waals surface area contributed by atoms with Crippen molar-refractivity contribution in [3.8, 4) is 0 Å². The molecule has 0 fully saturated rings. The minimum atomic E-state index is 0.358. The molecule has 4 heteroatoms. The number of halogens is 1. The number of anilines is 1. The number of hydrogen-bond donors (Lipinski definition) is 2. The Morgan fingerprint density at radius 3 is 2.57 bits per heavy atom. The SMILES string of the molecule is CC(C)NC(=S)Nc1ccccc1I. The van der Waals surface area contributed by atoms with Crippen LogP contribution in [0.3, 0.4) is 0 Å². The Morgan fingerprint density at radius 1 is 1.36 bits per heavy atom. The molecule has 0 aliphatic carbocycles. The lowest BCUT2D eigenvalue weighted by Crippen LogP contribution is -2.34. The summed E-state index contributed by atoms with van der Waals surface area (Å²) < 4.78 is 1.16. The topological polar surface area (TPSA) is 24.1 Å². The molecule has 0 bridgehead atoms. The van der Waals surface area contributed by atoms with Gasteiger partial charge in [-0.3, -0.25) is 0 Å². The number of nitrogens with one attached hydrogen (secondary N) is 2. The average molecular weight is 320 g/mol. The highest BCUT2D eigenvalue weighted by atomic mass is 127. The van der Waals surface area contributed by atoms with E-state index in [9.17, 15) is 0 Å². The van der Waals surface area contributed by atoms with Gasteiger partial charge in [-0.15, -0.1) is 0 Å². The number of rotatable bonds is 2. The first kappa shape index (κ1) is 11.7. The van der Waals surface area contributed by atoms with Crippen molar-refractivity contribution in [3.05, 3.63) is 27.8 Å². The van der Waals surface area contributed by atoms with Crippen LogP contribution in [-0.2, 0) is 0 Å². The van der Waals surface area contributed by atoms with Gasteiger partial charge < -0.3 is 10.6 Å². The fourth-order valence-electron chi connectivity index (χ4n) is 0.983. The van der Waals surface area contributed by atoms with Crippen molar-refractivity contribution < 1.29 is 0 Å². The highest BCUT2D eigenvalue weighted by Crippen LogP contribution is 2.16. The van der Waals surface area contributed by atoms with Gasteiger partial charge in [0.05, 0.1) is 5.69 Å². The van der Waals surface area contributed by atoms with E-state index in [0.717, 1.165) is 9.26 Å². The maximum atomic E-state index is 5.15. The van der Waals surface area contributed by atoms with Crippen LogP contribution >= 0.6 is 34.8 Å². The Kier molecular flexibility index (Phi) is 4.60. The van der Waals surface area contributed by atoms with E-state index in [1.54, 1.807) is 0 Å². The summed E-state index contributed by atoms with van der Waals surface area (Å²) in [4.78, 5) is 0. The van der Waals surface area contributed by atoms with Crippen LogP contribution in [0.4, 0.5) is 5.69 Å². The van der Waals surface area contributed by atoms with Gasteiger partial charge in [0.25, 0.3) is 0 Å². The first-order valence-electron chi connectivity index (χ1n) is 4.41. The quantitative estimate of drug-likeness (QED) is 0.647. The molecule has 0 heterocycles. The molecule has 1 aromatic carbocycles. The molecule has 2 nitrogen and oxygen atoms in total. The highest BCUT2D eigenvalue weighted by Gasteiger charge is 2.01. The van der Waals surface area contributed by atoms with Crippen LogP contribution in [0.2, 0.25) is 0 Å². The zero-order chi connectivity index (χ0) is 10.6. The lowest BCUT2D eigenvalue weighted by atomic mass is 10.3. The average Bonchev–Trinajstić information content (AvgIpc) is 2.07. The van der Waals surface area contributed by atoms with Crippen LogP contribution < -0.4 is 10.6 Å². The van der Waals surface area contributed by atoms with E-state index in [0.29, 0.717) is 11.2 Å². The third-order valence-corrected chi connectivity index (χ3v) is 2.70. The van der Waals surface area contributed by atoms with Crippen LogP contribution in [0.5, 0.6) is 0 Å². The van der Waals surface area contributed by atoms with E-state index in [1.807, 2.05) is 24.3 Å². The maximum Gasteiger partial charge on any atom is 0.171 e. The van der Waals surface area contributed by atoms with Crippen molar-refractivity contribution in [2.45, 2.75) is 19.9 Å². The van der Waals surface area contributed by atoms with Gasteiger partial charge in [-0.1, -0.05) is 12.1 Å². The Morgan fingerprint density at radius 2 is 2.00 bits per heavy atom. The van der Waals surface area contributed by atoms with Gasteiger partial charge in [0.2, 0.25) is 0 Å². The summed E-state index contributed by atoms with van der Waals surface area (Å²) in [5.41, 5.74) is 1.05. The summed E-state index contributed by atoms with van der Waals surface area (Å²) in [7, 11) is 0. The molecule has 0 saturated carbocycles. The Balaban J connectivity index is 2.61. The first-order chi connectivity index (χ1) is 6.59. The molecule has 0 aromatic heterocycles. The van der Waals surface area contributed by atoms with Crippen LogP contribution in [0.15, 0.2) is 24.3 Å². The standard InChI is InChI=1S/C10H13IN2S/c1-7(2)12-10(14)13-9-6-4-3-5-8(9)11/h3-7H,1-2H3,(H2,12,13,14). The maximum absolute atomic E-state index is 5.15. The van der Waals surface area contributed by atoms with Crippen LogP contribution in [-0.4, -0.2) is 11.2 Å². The Hall–Kier alpha value is -0.360. The summed E-state index contributed by atoms with van der Waals surface area (Å²) in [5, 5.41) is 6.96. The fourth-order valence-corrected chi connectivity index (χ4v) is 1.85. The second kappa shape index (κ2) is 5.50. The molecule has 0 amide bonds. The molecular formula is C10H13IN2S. The molecule has 76 valence electrons. The largest absolute Gasteiger partial charge is 0.360 e. The molecule has 0 aliphatic heterocycles. The molecule has 0 spiro atoms. The zero-order valence-corrected chi connectivity index (χ0v) is 11.1. The summed E-state index contributed by atoms with van der Waals surface area (Å²) in [5.74, 6) is 0. The van der Waals surface area contributed by atoms with Gasteiger partial charge in [-0.25, -0.2) is 0 Å². The smallest absolute Gasteiger partial charge is 0.171 e. The lowest BCUT2D eigenvalue weighted by Gasteiger charge is -2.13. The van der Waals surface area contributed by atoms with Crippen LogP contribution in [0.1, 0.15) is 13.8 Å². The molecule has 0 atom stereocenters. The minimum absolute atomic E-state index is 0.358. The van der Waals surface area contributed by atoms with Gasteiger partial charge >= 0.3 is 0 Å². The van der Waals surface area contributed by atoms with Crippen molar-refractivity contribution >= 4 is 45.6 Å². The van der Waals surface area contributed by atoms with Crippen molar-refractivity contribution in [2.24, 2.45) is 0 Å². The number of hydrogen-bond acceptors (Lipinski definition) is 1. The monoisotopic (exact) mass is 320 g/mol. The molecule has 1 rings (SSSR count). The molecule has 14 heavy (non-hydrogen) atoms. The summed E-state index contributed by atoms with van der Waals surface area (Å²) in [6, 6.07) is 8.40. The Bertz CT molecular complexity index is 326. The lowest BCUT2D eigenvalue weighted by molar-refractivity contribution is 0.739. The van der Waals surface area contributed by atoms with E-state index in [1.165, 1.54) is 0 Å². The number of para-hydroxylation sites is 1. The predicted molar refractivity (Wildman–Crippen MR) is 73.7 cm³/mol. The number of thiocarbonyl (C=S) groups is 1. The van der Waals surface area contributed by atoms with Gasteiger partial charge in [0.1, 0.15) is 0 Å². The molecule has 0 saturated heterocycles. The summed E-state index contributed by atoms with van der Waals surface area (Å²) in [6.07, 6.45) is 0. The molecule has 0 unspecified atom stereocenters. The van der Waals surface area contributed by atoms with E-state index >= 15 is 0 Å². The van der Waals surface area contributed by atoms with Crippen LogP contribution in [0.25, 0.3) is 0 Å². The van der Waals surface area contributed by atoms with E-state index in [4.69, 9.17) is 12.2 Å². The first-order valence-corrected chi connectivity index (χ1v) is 5.90. The third-order valence-electron chi connectivity index (χ3n) is 1.54. The number of benzene rings is 1. The predicted octanol–water partition coefficient (Wildman–Crippen LogP) is 2.99. The summed E-state index contributed by atoms with van der Waals surface area (Å²) in [6.45, 7) is 4.12. The van der Waals surface area contributed by atoms with Gasteiger partial charge in [-0.05, 0) is 60.8 Å². The third kappa shape index (κ3) is 3.79. The minimum Gasteiger partial charge on any atom is -0.360 e. The van der Waals surface area contributed by atoms with Gasteiger partial charge in [-0.2, -0.15) is 0 Å². The van der Waals surface area contributed by atoms with E-state index in [-0.39, 0.29) is 0 Å². The van der Waals surface area contributed by atoms with E-state index < -0.39 is 0 Å². The molecule has 0 aliphatic rings. The van der Waals surface area contributed by atoms with Crippen LogP contribution in [0, 0.1) is 3.57 Å². The van der Waals surface area contributed by atoms with Gasteiger partial charge in [0.15, 0.2) is 5.11 Å². The van der Waals surface area contributed by atoms with Crippen molar-refractivity contribution in [3.63, 3.8) is 0 Å². The van der Waals surface area contributed by atoms with Crippen molar-refractivity contribution in [1.82, 2.24) is 5.32 Å². The van der Waals surface area contributed by atoms with E-state index in [2.05, 4.69) is 47.1 Å². The van der Waals surface area contributed by atoms with Gasteiger partial charge in [0, 0.05) is 9.61 Å². The second-order valence-corrected chi connectivity index (χ2v) is 4.80. The molecule has 2 N–H and O–H groups in total. The molecule has 1 aromatic rings. The second-order valence-electron chi connectivity index (χ2n) is 3.23. The fraction of sp³-hybridized carbons (Fsp3) is 0.300. The van der Waals surface area contributed by atoms with Crippen molar-refractivity contribution in [2.75, 3.05) is 5.32 Å². The zero-order valence-electron chi connectivity index (χ0n) is 8.17. The molecule has 0 radical (unpaired) electrons. The van der Waals surface area contributed by atoms with Crippen molar-refractivity contribution in [1.29, 1.82) is 0 Å². The Labute approximate surface area is 104 Å². The molecular weight excluding hydrogens is 307 g/mol. The highest BCUT2D eigenvalue weighted by molar-refractivity contribution is 14.1.